The van der Waals surface area contributed by atoms with Crippen molar-refractivity contribution in [1.29, 1.82) is 0 Å². The summed E-state index contributed by atoms with van der Waals surface area (Å²) in [4.78, 5) is 0. The van der Waals surface area contributed by atoms with E-state index in [4.69, 9.17) is 13.9 Å². The molecular weight excluding hydrogens is 460 g/mol. The Labute approximate surface area is 219 Å². The summed E-state index contributed by atoms with van der Waals surface area (Å²) < 4.78 is 17.9. The van der Waals surface area contributed by atoms with Crippen molar-refractivity contribution in [3.05, 3.63) is 90.0 Å². The first-order valence-corrected chi connectivity index (χ1v) is 12.9. The van der Waals surface area contributed by atoms with E-state index >= 15 is 0 Å². The molecule has 0 saturated carbocycles. The summed E-state index contributed by atoms with van der Waals surface area (Å²) in [5.41, 5.74) is 4.84. The standard InChI is InChI=1S/C32H34N2O3/c1-4-7-21-35-29-19-20-30(36-22-8-5-2)28(23-29)18-13-25-11-16-27(17-12-25)32-34-33-31(37-32)26-14-9-24(6-3)10-15-26/h6,9-20,23H,3-5,7-8,21-22H2,1-2H3/b18-13+. The maximum Gasteiger partial charge on any atom is 0.248 e. The van der Waals surface area contributed by atoms with Gasteiger partial charge in [-0.2, -0.15) is 0 Å². The van der Waals surface area contributed by atoms with Gasteiger partial charge in [-0.05, 0) is 66.4 Å². The molecule has 0 radical (unpaired) electrons. The van der Waals surface area contributed by atoms with Crippen LogP contribution in [0, 0.1) is 0 Å². The Morgan fingerprint density at radius 2 is 1.32 bits per heavy atom. The highest BCUT2D eigenvalue weighted by Gasteiger charge is 2.10. The molecule has 1 aromatic heterocycles. The van der Waals surface area contributed by atoms with Crippen LogP contribution in [0.2, 0.25) is 0 Å². The number of benzene rings is 3. The van der Waals surface area contributed by atoms with Crippen molar-refractivity contribution >= 4 is 18.2 Å². The van der Waals surface area contributed by atoms with Crippen molar-refractivity contribution in [2.24, 2.45) is 0 Å². The van der Waals surface area contributed by atoms with Crippen molar-refractivity contribution in [1.82, 2.24) is 10.2 Å². The van der Waals surface area contributed by atoms with Crippen LogP contribution in [0.15, 0.2) is 77.7 Å². The van der Waals surface area contributed by atoms with Gasteiger partial charge in [0.25, 0.3) is 0 Å². The minimum atomic E-state index is 0.488. The quantitative estimate of drug-likeness (QED) is 0.138. The molecule has 0 aliphatic carbocycles. The van der Waals surface area contributed by atoms with Gasteiger partial charge in [-0.15, -0.1) is 10.2 Å². The molecule has 5 nitrogen and oxygen atoms in total. The summed E-state index contributed by atoms with van der Waals surface area (Å²) in [6, 6.07) is 21.9. The molecule has 5 heteroatoms. The SMILES string of the molecule is C=Cc1ccc(-c2nnc(-c3ccc(/C=C/c4cc(OCCCC)ccc4OCCCC)cc3)o2)cc1. The molecule has 0 aliphatic rings. The molecule has 0 bridgehead atoms. The minimum Gasteiger partial charge on any atom is -0.494 e. The highest BCUT2D eigenvalue weighted by molar-refractivity contribution is 5.74. The summed E-state index contributed by atoms with van der Waals surface area (Å²) in [6.07, 6.45) is 10.2. The van der Waals surface area contributed by atoms with E-state index in [9.17, 15) is 0 Å². The zero-order chi connectivity index (χ0) is 25.9. The van der Waals surface area contributed by atoms with Crippen molar-refractivity contribution in [2.45, 2.75) is 39.5 Å². The fourth-order valence-electron chi connectivity index (χ4n) is 3.68. The number of aromatic nitrogens is 2. The molecule has 0 amide bonds. The minimum absolute atomic E-state index is 0.488. The van der Waals surface area contributed by atoms with Gasteiger partial charge >= 0.3 is 0 Å². The molecular formula is C32H34N2O3. The molecule has 4 aromatic rings. The zero-order valence-electron chi connectivity index (χ0n) is 21.7. The van der Waals surface area contributed by atoms with Crippen molar-refractivity contribution in [2.75, 3.05) is 13.2 Å². The molecule has 4 rings (SSSR count). The van der Waals surface area contributed by atoms with Crippen molar-refractivity contribution in [3.63, 3.8) is 0 Å². The van der Waals surface area contributed by atoms with Crippen LogP contribution in [0.25, 0.3) is 41.1 Å². The van der Waals surface area contributed by atoms with Crippen LogP contribution in [0.3, 0.4) is 0 Å². The van der Waals surface area contributed by atoms with E-state index in [2.05, 4.69) is 42.8 Å². The van der Waals surface area contributed by atoms with Gasteiger partial charge < -0.3 is 13.9 Å². The lowest BCUT2D eigenvalue weighted by Crippen LogP contribution is -2.00. The largest absolute Gasteiger partial charge is 0.494 e. The van der Waals surface area contributed by atoms with Crippen LogP contribution in [0.1, 0.15) is 56.2 Å². The molecule has 1 heterocycles. The highest BCUT2D eigenvalue weighted by Crippen LogP contribution is 2.28. The second kappa shape index (κ2) is 13.3. The lowest BCUT2D eigenvalue weighted by Gasteiger charge is -2.12. The van der Waals surface area contributed by atoms with Crippen LogP contribution in [-0.2, 0) is 0 Å². The maximum atomic E-state index is 6.04. The second-order valence-corrected chi connectivity index (χ2v) is 8.80. The monoisotopic (exact) mass is 494 g/mol. The molecule has 37 heavy (non-hydrogen) atoms. The second-order valence-electron chi connectivity index (χ2n) is 8.80. The van der Waals surface area contributed by atoms with Crippen LogP contribution >= 0.6 is 0 Å². The van der Waals surface area contributed by atoms with Gasteiger partial charge in [0.2, 0.25) is 11.8 Å². The summed E-state index contributed by atoms with van der Waals surface area (Å²) in [6.45, 7) is 9.52. The van der Waals surface area contributed by atoms with E-state index in [1.807, 2.05) is 66.7 Å². The van der Waals surface area contributed by atoms with E-state index < -0.39 is 0 Å². The fourth-order valence-corrected chi connectivity index (χ4v) is 3.68. The Hall–Kier alpha value is -4.12. The Morgan fingerprint density at radius 1 is 0.730 bits per heavy atom. The number of hydrogen-bond donors (Lipinski definition) is 0. The van der Waals surface area contributed by atoms with Gasteiger partial charge in [0.15, 0.2) is 0 Å². The topological polar surface area (TPSA) is 57.4 Å². The molecule has 0 saturated heterocycles. The predicted octanol–water partition coefficient (Wildman–Crippen LogP) is 8.57. The van der Waals surface area contributed by atoms with Gasteiger partial charge in [0.05, 0.1) is 13.2 Å². The molecule has 0 fully saturated rings. The van der Waals surface area contributed by atoms with Gasteiger partial charge in [0, 0.05) is 16.7 Å². The van der Waals surface area contributed by atoms with Gasteiger partial charge in [-0.25, -0.2) is 0 Å². The molecule has 0 N–H and O–H groups in total. The lowest BCUT2D eigenvalue weighted by molar-refractivity contribution is 0.300. The fraction of sp³-hybridized carbons (Fsp3) is 0.250. The highest BCUT2D eigenvalue weighted by atomic mass is 16.5. The van der Waals surface area contributed by atoms with E-state index in [-0.39, 0.29) is 0 Å². The van der Waals surface area contributed by atoms with Crippen molar-refractivity contribution in [3.8, 4) is 34.4 Å². The van der Waals surface area contributed by atoms with Crippen molar-refractivity contribution < 1.29 is 13.9 Å². The first-order chi connectivity index (χ1) is 18.2. The molecule has 0 unspecified atom stereocenters. The average molecular weight is 495 g/mol. The van der Waals surface area contributed by atoms with E-state index in [0.29, 0.717) is 25.0 Å². The summed E-state index contributed by atoms with van der Waals surface area (Å²) in [5, 5.41) is 8.44. The smallest absolute Gasteiger partial charge is 0.248 e. The molecule has 190 valence electrons. The van der Waals surface area contributed by atoms with Gasteiger partial charge in [-0.1, -0.05) is 75.8 Å². The molecule has 0 spiro atoms. The maximum absolute atomic E-state index is 6.04. The first-order valence-electron chi connectivity index (χ1n) is 12.9. The molecule has 0 aliphatic heterocycles. The number of rotatable bonds is 13. The summed E-state index contributed by atoms with van der Waals surface area (Å²) in [7, 11) is 0. The Bertz CT molecular complexity index is 1300. The van der Waals surface area contributed by atoms with Gasteiger partial charge in [-0.3, -0.25) is 0 Å². The summed E-state index contributed by atoms with van der Waals surface area (Å²) >= 11 is 0. The van der Waals surface area contributed by atoms with Crippen LogP contribution in [0.4, 0.5) is 0 Å². The average Bonchev–Trinajstić information content (AvgIpc) is 3.44. The number of hydrogen-bond acceptors (Lipinski definition) is 5. The van der Waals surface area contributed by atoms with Crippen LogP contribution < -0.4 is 9.47 Å². The van der Waals surface area contributed by atoms with E-state index in [1.165, 1.54) is 0 Å². The van der Waals surface area contributed by atoms with Crippen LogP contribution in [-0.4, -0.2) is 23.4 Å². The lowest BCUT2D eigenvalue weighted by atomic mass is 10.1. The Kier molecular flexibility index (Phi) is 9.30. The Balaban J connectivity index is 1.48. The molecule has 3 aromatic carbocycles. The number of ether oxygens (including phenoxy) is 2. The third-order valence-electron chi connectivity index (χ3n) is 5.93. The number of unbranched alkanes of at least 4 members (excludes halogenated alkanes) is 2. The third-order valence-corrected chi connectivity index (χ3v) is 5.93. The predicted molar refractivity (Wildman–Crippen MR) is 151 cm³/mol. The van der Waals surface area contributed by atoms with Crippen LogP contribution in [0.5, 0.6) is 11.5 Å². The molecule has 0 atom stereocenters. The van der Waals surface area contributed by atoms with E-state index in [0.717, 1.165) is 65.0 Å². The van der Waals surface area contributed by atoms with E-state index in [1.54, 1.807) is 6.08 Å². The third kappa shape index (κ3) is 7.20. The Morgan fingerprint density at radius 3 is 1.92 bits per heavy atom. The summed E-state index contributed by atoms with van der Waals surface area (Å²) in [5.74, 6) is 2.70. The first kappa shape index (κ1) is 26.0. The number of nitrogens with zero attached hydrogens (tertiary/aromatic N) is 2. The normalized spacial score (nSPS) is 11.1. The zero-order valence-corrected chi connectivity index (χ0v) is 21.7. The van der Waals surface area contributed by atoms with Gasteiger partial charge in [0.1, 0.15) is 11.5 Å².